The van der Waals surface area contributed by atoms with Gasteiger partial charge in [0.1, 0.15) is 0 Å². The molecule has 5 heteroatoms. The average molecular weight is 332 g/mol. The normalized spacial score (nSPS) is 19.4. The van der Waals surface area contributed by atoms with E-state index in [4.69, 9.17) is 0 Å². The second-order valence-electron chi connectivity index (χ2n) is 6.37. The third kappa shape index (κ3) is 3.89. The van der Waals surface area contributed by atoms with Crippen molar-refractivity contribution in [2.45, 2.75) is 43.0 Å². The summed E-state index contributed by atoms with van der Waals surface area (Å²) < 4.78 is 0. The Morgan fingerprint density at radius 1 is 1.17 bits per heavy atom. The predicted octanol–water partition coefficient (Wildman–Crippen LogP) is 2.56. The summed E-state index contributed by atoms with van der Waals surface area (Å²) in [4.78, 5) is 29.7. The molecule has 1 heterocycles. The molecule has 4 nitrogen and oxygen atoms in total. The Morgan fingerprint density at radius 2 is 1.87 bits per heavy atom. The van der Waals surface area contributed by atoms with Crippen molar-refractivity contribution in [1.82, 2.24) is 9.80 Å². The molecule has 124 valence electrons. The molecule has 1 saturated heterocycles. The molecule has 23 heavy (non-hydrogen) atoms. The van der Waals surface area contributed by atoms with Crippen molar-refractivity contribution in [3.8, 4) is 0 Å². The quantitative estimate of drug-likeness (QED) is 0.796. The molecule has 1 aromatic rings. The molecule has 2 amide bonds. The van der Waals surface area contributed by atoms with E-state index < -0.39 is 0 Å². The fraction of sp³-hybridized carbons (Fsp3) is 0.556. The molecule has 1 saturated carbocycles. The van der Waals surface area contributed by atoms with Gasteiger partial charge in [-0.25, -0.2) is 0 Å². The van der Waals surface area contributed by atoms with E-state index in [1.165, 1.54) is 17.7 Å². The number of amides is 2. The van der Waals surface area contributed by atoms with Crippen molar-refractivity contribution in [2.75, 3.05) is 25.9 Å². The van der Waals surface area contributed by atoms with Crippen LogP contribution in [0.2, 0.25) is 0 Å². The Bertz CT molecular complexity index is 567. The van der Waals surface area contributed by atoms with Crippen LogP contribution in [0, 0.1) is 0 Å². The molecule has 0 bridgehead atoms. The molecule has 3 rings (SSSR count). The van der Waals surface area contributed by atoms with Crippen LogP contribution in [0.5, 0.6) is 0 Å². The summed E-state index contributed by atoms with van der Waals surface area (Å²) >= 11 is 1.69. The molecule has 0 N–H and O–H groups in total. The van der Waals surface area contributed by atoms with Gasteiger partial charge in [-0.2, -0.15) is 0 Å². The molecule has 2 aliphatic rings. The molecule has 2 fully saturated rings. The first-order valence-corrected chi connectivity index (χ1v) is 9.60. The maximum atomic E-state index is 12.4. The Hall–Kier alpha value is -1.49. The largest absolute Gasteiger partial charge is 0.336 e. The molecule has 1 aromatic carbocycles. The number of carbonyl (C=O) groups is 2. The molecule has 1 aliphatic carbocycles. The van der Waals surface area contributed by atoms with E-state index in [2.05, 4.69) is 0 Å². The first-order chi connectivity index (χ1) is 11.2. The molecule has 0 atom stereocenters. The van der Waals surface area contributed by atoms with Crippen LogP contribution in [0.4, 0.5) is 0 Å². The average Bonchev–Trinajstić information content (AvgIpc) is 3.09. The SMILES string of the molecule is CSc1ccc(CC(=O)N2CCN(C3CCCC3)C(=O)C2)cc1. The first-order valence-electron chi connectivity index (χ1n) is 8.37. The Morgan fingerprint density at radius 3 is 2.48 bits per heavy atom. The summed E-state index contributed by atoms with van der Waals surface area (Å²) in [7, 11) is 0. The fourth-order valence-electron chi connectivity index (χ4n) is 3.53. The number of rotatable bonds is 4. The van der Waals surface area contributed by atoms with Crippen molar-refractivity contribution < 1.29 is 9.59 Å². The van der Waals surface area contributed by atoms with Crippen LogP contribution in [0.15, 0.2) is 29.2 Å². The van der Waals surface area contributed by atoms with Crippen molar-refractivity contribution in [2.24, 2.45) is 0 Å². The second-order valence-corrected chi connectivity index (χ2v) is 7.25. The second kappa shape index (κ2) is 7.39. The third-order valence-electron chi connectivity index (χ3n) is 4.89. The Balaban J connectivity index is 1.55. The Labute approximate surface area is 142 Å². The monoisotopic (exact) mass is 332 g/mol. The predicted molar refractivity (Wildman–Crippen MR) is 92.5 cm³/mol. The molecular formula is C18H24N2O2S. The van der Waals surface area contributed by atoms with Gasteiger partial charge >= 0.3 is 0 Å². The van der Waals surface area contributed by atoms with Crippen LogP contribution in [0.1, 0.15) is 31.2 Å². The van der Waals surface area contributed by atoms with E-state index in [-0.39, 0.29) is 18.4 Å². The van der Waals surface area contributed by atoms with E-state index in [9.17, 15) is 9.59 Å². The summed E-state index contributed by atoms with van der Waals surface area (Å²) in [6, 6.07) is 8.49. The number of benzene rings is 1. The highest BCUT2D eigenvalue weighted by Gasteiger charge is 2.32. The summed E-state index contributed by atoms with van der Waals surface area (Å²) in [5.41, 5.74) is 1.01. The number of carbonyl (C=O) groups excluding carboxylic acids is 2. The minimum atomic E-state index is 0.0568. The first kappa shape index (κ1) is 16.4. The zero-order valence-corrected chi connectivity index (χ0v) is 14.5. The third-order valence-corrected chi connectivity index (χ3v) is 5.63. The summed E-state index contributed by atoms with van der Waals surface area (Å²) in [5, 5.41) is 0. The van der Waals surface area contributed by atoms with Gasteiger partial charge in [-0.15, -0.1) is 11.8 Å². The van der Waals surface area contributed by atoms with Crippen LogP contribution in [-0.2, 0) is 16.0 Å². The molecule has 0 unspecified atom stereocenters. The lowest BCUT2D eigenvalue weighted by molar-refractivity contribution is -0.146. The standard InChI is InChI=1S/C18H24N2O2S/c1-23-16-8-6-14(7-9-16)12-17(21)19-10-11-20(18(22)13-19)15-4-2-3-5-15/h6-9,15H,2-5,10-13H2,1H3. The number of hydrogen-bond acceptors (Lipinski definition) is 3. The van der Waals surface area contributed by atoms with E-state index in [1.807, 2.05) is 35.4 Å². The zero-order chi connectivity index (χ0) is 16.2. The summed E-state index contributed by atoms with van der Waals surface area (Å²) in [5.74, 6) is 0.176. The van der Waals surface area contributed by atoms with Gasteiger partial charge in [-0.3, -0.25) is 9.59 Å². The minimum absolute atomic E-state index is 0.0568. The number of piperazine rings is 1. The van der Waals surface area contributed by atoms with E-state index in [0.29, 0.717) is 25.6 Å². The van der Waals surface area contributed by atoms with Crippen LogP contribution in [-0.4, -0.2) is 53.5 Å². The van der Waals surface area contributed by atoms with Crippen LogP contribution in [0.25, 0.3) is 0 Å². The number of thioether (sulfide) groups is 1. The highest BCUT2D eigenvalue weighted by molar-refractivity contribution is 7.98. The van der Waals surface area contributed by atoms with Gasteiger partial charge < -0.3 is 9.80 Å². The van der Waals surface area contributed by atoms with Gasteiger partial charge in [0.2, 0.25) is 11.8 Å². The molecule has 0 radical (unpaired) electrons. The van der Waals surface area contributed by atoms with Crippen molar-refractivity contribution in [1.29, 1.82) is 0 Å². The maximum absolute atomic E-state index is 12.4. The van der Waals surface area contributed by atoms with Crippen molar-refractivity contribution >= 4 is 23.6 Å². The van der Waals surface area contributed by atoms with Crippen molar-refractivity contribution in [3.05, 3.63) is 29.8 Å². The van der Waals surface area contributed by atoms with E-state index >= 15 is 0 Å². The lowest BCUT2D eigenvalue weighted by atomic mass is 10.1. The van der Waals surface area contributed by atoms with Gasteiger partial charge in [0.25, 0.3) is 0 Å². The number of hydrogen-bond donors (Lipinski definition) is 0. The molecule has 0 spiro atoms. The summed E-state index contributed by atoms with van der Waals surface area (Å²) in [6.07, 6.45) is 7.12. The van der Waals surface area contributed by atoms with E-state index in [0.717, 1.165) is 18.4 Å². The van der Waals surface area contributed by atoms with Crippen LogP contribution >= 0.6 is 11.8 Å². The van der Waals surface area contributed by atoms with Gasteiger partial charge in [-0.1, -0.05) is 25.0 Å². The lowest BCUT2D eigenvalue weighted by Gasteiger charge is -2.37. The minimum Gasteiger partial charge on any atom is -0.336 e. The van der Waals surface area contributed by atoms with Crippen molar-refractivity contribution in [3.63, 3.8) is 0 Å². The summed E-state index contributed by atoms with van der Waals surface area (Å²) in [6.45, 7) is 1.61. The molecule has 1 aliphatic heterocycles. The lowest BCUT2D eigenvalue weighted by Crippen LogP contribution is -2.55. The zero-order valence-electron chi connectivity index (χ0n) is 13.7. The fourth-order valence-corrected chi connectivity index (χ4v) is 3.94. The highest BCUT2D eigenvalue weighted by Crippen LogP contribution is 2.25. The van der Waals surface area contributed by atoms with Crippen LogP contribution < -0.4 is 0 Å². The van der Waals surface area contributed by atoms with E-state index in [1.54, 1.807) is 16.7 Å². The number of nitrogens with zero attached hydrogens (tertiary/aromatic N) is 2. The van der Waals surface area contributed by atoms with Gasteiger partial charge in [0, 0.05) is 24.0 Å². The maximum Gasteiger partial charge on any atom is 0.242 e. The highest BCUT2D eigenvalue weighted by atomic mass is 32.2. The molecule has 0 aromatic heterocycles. The molecular weight excluding hydrogens is 308 g/mol. The van der Waals surface area contributed by atoms with Crippen LogP contribution in [0.3, 0.4) is 0 Å². The van der Waals surface area contributed by atoms with Gasteiger partial charge in [0.15, 0.2) is 0 Å². The van der Waals surface area contributed by atoms with Gasteiger partial charge in [0.05, 0.1) is 13.0 Å². The smallest absolute Gasteiger partial charge is 0.242 e. The Kier molecular flexibility index (Phi) is 5.26. The topological polar surface area (TPSA) is 40.6 Å². The van der Waals surface area contributed by atoms with Gasteiger partial charge in [-0.05, 0) is 36.8 Å².